The maximum atomic E-state index is 5.72. The summed E-state index contributed by atoms with van der Waals surface area (Å²) < 4.78 is 0. The number of alkyl halides is 1. The molecule has 1 aliphatic carbocycles. The van der Waals surface area contributed by atoms with Crippen LogP contribution in [-0.2, 0) is 0 Å². The Morgan fingerprint density at radius 2 is 1.47 bits per heavy atom. The van der Waals surface area contributed by atoms with Gasteiger partial charge in [0.15, 0.2) is 0 Å². The van der Waals surface area contributed by atoms with Gasteiger partial charge < -0.3 is 5.32 Å². The van der Waals surface area contributed by atoms with Crippen LogP contribution in [0.15, 0.2) is 48.5 Å². The molecule has 2 heteroatoms. The van der Waals surface area contributed by atoms with E-state index in [1.54, 1.807) is 0 Å². The van der Waals surface area contributed by atoms with Crippen LogP contribution in [0.3, 0.4) is 0 Å². The molecule has 0 unspecified atom stereocenters. The van der Waals surface area contributed by atoms with Gasteiger partial charge in [-0.05, 0) is 35.2 Å². The second-order valence-electron chi connectivity index (χ2n) is 4.97. The molecule has 0 bridgehead atoms. The summed E-state index contributed by atoms with van der Waals surface area (Å²) >= 11 is 5.72. The van der Waals surface area contributed by atoms with Gasteiger partial charge >= 0.3 is 0 Å². The first-order valence-electron chi connectivity index (χ1n) is 6.86. The smallest absolute Gasteiger partial charge is 0.0235 e. The lowest BCUT2D eigenvalue weighted by Gasteiger charge is -2.14. The monoisotopic (exact) mass is 271 g/mol. The van der Waals surface area contributed by atoms with E-state index in [-0.39, 0.29) is 0 Å². The molecule has 2 aromatic rings. The Morgan fingerprint density at radius 3 is 2.05 bits per heavy atom. The minimum Gasteiger partial charge on any atom is -0.316 e. The Labute approximate surface area is 119 Å². The van der Waals surface area contributed by atoms with Crippen molar-refractivity contribution < 1.29 is 0 Å². The fraction of sp³-hybridized carbons (Fsp3) is 0.294. The van der Waals surface area contributed by atoms with Crippen molar-refractivity contribution in [2.45, 2.75) is 12.3 Å². The fourth-order valence-electron chi connectivity index (χ4n) is 2.92. The molecule has 0 fully saturated rings. The van der Waals surface area contributed by atoms with Crippen LogP contribution in [0.2, 0.25) is 0 Å². The summed E-state index contributed by atoms with van der Waals surface area (Å²) in [6.45, 7) is 1.98. The van der Waals surface area contributed by atoms with Gasteiger partial charge in [-0.1, -0.05) is 48.5 Å². The van der Waals surface area contributed by atoms with Crippen molar-refractivity contribution in [3.8, 4) is 11.1 Å². The molecule has 0 atom stereocenters. The third kappa shape index (κ3) is 2.41. The minimum atomic E-state index is 0.475. The summed E-state index contributed by atoms with van der Waals surface area (Å²) in [7, 11) is 0. The van der Waals surface area contributed by atoms with Crippen LogP contribution in [0.5, 0.6) is 0 Å². The van der Waals surface area contributed by atoms with Crippen LogP contribution in [-0.4, -0.2) is 19.0 Å². The summed E-state index contributed by atoms with van der Waals surface area (Å²) in [5.74, 6) is 1.20. The maximum absolute atomic E-state index is 5.72. The first-order chi connectivity index (χ1) is 9.42. The molecular formula is C17H18ClN. The van der Waals surface area contributed by atoms with Crippen molar-refractivity contribution in [2.24, 2.45) is 0 Å². The molecule has 1 nitrogen and oxygen atoms in total. The average Bonchev–Trinajstić information content (AvgIpc) is 2.78. The van der Waals surface area contributed by atoms with Crippen molar-refractivity contribution >= 4 is 11.6 Å². The van der Waals surface area contributed by atoms with E-state index in [1.165, 1.54) is 22.3 Å². The number of fused-ring (bicyclic) bond motifs is 3. The van der Waals surface area contributed by atoms with Gasteiger partial charge in [0.05, 0.1) is 0 Å². The normalized spacial score (nSPS) is 13.3. The van der Waals surface area contributed by atoms with E-state index >= 15 is 0 Å². The van der Waals surface area contributed by atoms with Gasteiger partial charge in [0.2, 0.25) is 0 Å². The summed E-state index contributed by atoms with van der Waals surface area (Å²) in [5.41, 5.74) is 5.67. The first-order valence-corrected chi connectivity index (χ1v) is 7.40. The molecular weight excluding hydrogens is 254 g/mol. The quantitative estimate of drug-likeness (QED) is 0.640. The number of hydrogen-bond acceptors (Lipinski definition) is 1. The molecule has 19 heavy (non-hydrogen) atoms. The lowest BCUT2D eigenvalue weighted by molar-refractivity contribution is 0.635. The molecule has 0 heterocycles. The van der Waals surface area contributed by atoms with Gasteiger partial charge in [-0.25, -0.2) is 0 Å². The molecule has 2 aromatic carbocycles. The highest BCUT2D eigenvalue weighted by molar-refractivity contribution is 6.17. The van der Waals surface area contributed by atoms with Crippen molar-refractivity contribution in [1.82, 2.24) is 5.32 Å². The van der Waals surface area contributed by atoms with E-state index in [1.807, 2.05) is 0 Å². The van der Waals surface area contributed by atoms with Crippen LogP contribution in [0.25, 0.3) is 11.1 Å². The van der Waals surface area contributed by atoms with Gasteiger partial charge in [-0.3, -0.25) is 0 Å². The van der Waals surface area contributed by atoms with E-state index in [0.717, 1.165) is 25.4 Å². The number of nitrogens with one attached hydrogen (secondary N) is 1. The minimum absolute atomic E-state index is 0.475. The highest BCUT2D eigenvalue weighted by Gasteiger charge is 2.27. The van der Waals surface area contributed by atoms with Crippen molar-refractivity contribution in [3.63, 3.8) is 0 Å². The van der Waals surface area contributed by atoms with Crippen molar-refractivity contribution in [2.75, 3.05) is 19.0 Å². The van der Waals surface area contributed by atoms with Crippen molar-refractivity contribution in [1.29, 1.82) is 0 Å². The standard InChI is InChI=1S/C17H18ClN/c18-10-5-11-19-12-17-15-8-3-1-6-13(15)14-7-2-4-9-16(14)17/h1-4,6-9,17,19H,5,10-12H2. The Hall–Kier alpha value is -1.31. The molecule has 1 aliphatic rings. The molecule has 0 spiro atoms. The summed E-state index contributed by atoms with van der Waals surface area (Å²) in [5, 5.41) is 3.53. The topological polar surface area (TPSA) is 12.0 Å². The van der Waals surface area contributed by atoms with Gasteiger partial charge in [0.1, 0.15) is 0 Å². The molecule has 0 aliphatic heterocycles. The fourth-order valence-corrected chi connectivity index (χ4v) is 3.05. The number of rotatable bonds is 5. The zero-order valence-electron chi connectivity index (χ0n) is 10.9. The number of hydrogen-bond donors (Lipinski definition) is 1. The highest BCUT2D eigenvalue weighted by Crippen LogP contribution is 2.43. The van der Waals surface area contributed by atoms with Gasteiger partial charge in [0, 0.05) is 18.3 Å². The third-order valence-electron chi connectivity index (χ3n) is 3.80. The Bertz CT molecular complexity index is 519. The van der Waals surface area contributed by atoms with Crippen LogP contribution in [0.4, 0.5) is 0 Å². The zero-order chi connectivity index (χ0) is 13.1. The molecule has 98 valence electrons. The van der Waals surface area contributed by atoms with E-state index in [0.29, 0.717) is 5.92 Å². The molecule has 0 aromatic heterocycles. The lowest BCUT2D eigenvalue weighted by atomic mass is 9.97. The first kappa shape index (κ1) is 12.7. The van der Waals surface area contributed by atoms with E-state index < -0.39 is 0 Å². The second-order valence-corrected chi connectivity index (χ2v) is 5.35. The van der Waals surface area contributed by atoms with Crippen LogP contribution >= 0.6 is 11.6 Å². The number of halogens is 1. The van der Waals surface area contributed by atoms with E-state index in [9.17, 15) is 0 Å². The Kier molecular flexibility index (Phi) is 3.86. The predicted molar refractivity (Wildman–Crippen MR) is 81.9 cm³/mol. The summed E-state index contributed by atoms with van der Waals surface area (Å²) in [6, 6.07) is 17.5. The molecule has 0 amide bonds. The SMILES string of the molecule is ClCCCNCC1c2ccccc2-c2ccccc21. The molecule has 1 N–H and O–H groups in total. The lowest BCUT2D eigenvalue weighted by Crippen LogP contribution is -2.22. The molecule has 0 saturated carbocycles. The van der Waals surface area contributed by atoms with Gasteiger partial charge in [-0.2, -0.15) is 0 Å². The Morgan fingerprint density at radius 1 is 0.895 bits per heavy atom. The highest BCUT2D eigenvalue weighted by atomic mass is 35.5. The Balaban J connectivity index is 1.87. The molecule has 0 saturated heterocycles. The van der Waals surface area contributed by atoms with E-state index in [4.69, 9.17) is 11.6 Å². The van der Waals surface area contributed by atoms with Gasteiger partial charge in [0.25, 0.3) is 0 Å². The van der Waals surface area contributed by atoms with Gasteiger partial charge in [-0.15, -0.1) is 11.6 Å². The molecule has 3 rings (SSSR count). The van der Waals surface area contributed by atoms with Crippen LogP contribution in [0, 0.1) is 0 Å². The maximum Gasteiger partial charge on any atom is 0.0235 e. The van der Waals surface area contributed by atoms with Crippen molar-refractivity contribution in [3.05, 3.63) is 59.7 Å². The summed E-state index contributed by atoms with van der Waals surface area (Å²) in [4.78, 5) is 0. The molecule has 0 radical (unpaired) electrons. The van der Waals surface area contributed by atoms with Crippen LogP contribution in [0.1, 0.15) is 23.5 Å². The predicted octanol–water partition coefficient (Wildman–Crippen LogP) is 4.02. The largest absolute Gasteiger partial charge is 0.316 e. The van der Waals surface area contributed by atoms with Crippen LogP contribution < -0.4 is 5.32 Å². The number of benzene rings is 2. The summed E-state index contributed by atoms with van der Waals surface area (Å²) in [6.07, 6.45) is 1.03. The van der Waals surface area contributed by atoms with E-state index in [2.05, 4.69) is 53.8 Å². The average molecular weight is 272 g/mol. The second kappa shape index (κ2) is 5.77. The third-order valence-corrected chi connectivity index (χ3v) is 4.07. The zero-order valence-corrected chi connectivity index (χ0v) is 11.7.